The van der Waals surface area contributed by atoms with Gasteiger partial charge in [0.25, 0.3) is 0 Å². The van der Waals surface area contributed by atoms with E-state index < -0.39 is 5.97 Å². The van der Waals surface area contributed by atoms with Crippen LogP contribution in [0.3, 0.4) is 0 Å². The second kappa shape index (κ2) is 9.71. The number of aromatic carboxylic acids is 1. The van der Waals surface area contributed by atoms with E-state index in [-0.39, 0.29) is 23.9 Å². The monoisotopic (exact) mass is 461 g/mol. The van der Waals surface area contributed by atoms with Crippen LogP contribution in [-0.2, 0) is 16.1 Å². The molecule has 0 radical (unpaired) electrons. The van der Waals surface area contributed by atoms with E-state index in [2.05, 4.69) is 5.32 Å². The number of nitrogens with zero attached hydrogens (tertiary/aromatic N) is 2. The van der Waals surface area contributed by atoms with Crippen molar-refractivity contribution in [2.75, 3.05) is 19.4 Å². The molecule has 0 bridgehead atoms. The molecule has 1 aromatic heterocycles. The number of carbonyl (C=O) groups is 3. The molecule has 1 saturated carbocycles. The van der Waals surface area contributed by atoms with Gasteiger partial charge in [-0.05, 0) is 54.2 Å². The molecule has 0 unspecified atom stereocenters. The lowest BCUT2D eigenvalue weighted by Crippen LogP contribution is -2.26. The molecule has 1 fully saturated rings. The average Bonchev–Trinajstić information content (AvgIpc) is 3.13. The lowest BCUT2D eigenvalue weighted by atomic mass is 9.81. The Hall–Kier alpha value is -3.61. The Labute approximate surface area is 199 Å². The second-order valence-corrected chi connectivity index (χ2v) is 9.27. The van der Waals surface area contributed by atoms with E-state index in [0.29, 0.717) is 11.6 Å². The summed E-state index contributed by atoms with van der Waals surface area (Å²) in [5.41, 5.74) is 4.74. The van der Waals surface area contributed by atoms with Crippen LogP contribution in [-0.4, -0.2) is 46.5 Å². The first-order chi connectivity index (χ1) is 16.3. The maximum Gasteiger partial charge on any atom is 0.335 e. The number of anilines is 1. The van der Waals surface area contributed by atoms with Crippen molar-refractivity contribution >= 4 is 34.4 Å². The summed E-state index contributed by atoms with van der Waals surface area (Å²) >= 11 is 0. The number of hydrogen-bond acceptors (Lipinski definition) is 3. The van der Waals surface area contributed by atoms with Crippen molar-refractivity contribution in [1.82, 2.24) is 9.47 Å². The van der Waals surface area contributed by atoms with Gasteiger partial charge < -0.3 is 19.9 Å². The Morgan fingerprint density at radius 2 is 1.71 bits per heavy atom. The number of carbonyl (C=O) groups excluding carboxylic acids is 2. The zero-order valence-corrected chi connectivity index (χ0v) is 19.9. The quantitative estimate of drug-likeness (QED) is 0.534. The van der Waals surface area contributed by atoms with Crippen LogP contribution < -0.4 is 5.32 Å². The highest BCUT2D eigenvalue weighted by atomic mass is 16.4. The van der Waals surface area contributed by atoms with Crippen LogP contribution >= 0.6 is 0 Å². The molecule has 1 aliphatic rings. The highest BCUT2D eigenvalue weighted by Crippen LogP contribution is 2.44. The average molecular weight is 462 g/mol. The number of hydrogen-bond donors (Lipinski definition) is 2. The van der Waals surface area contributed by atoms with Crippen LogP contribution in [0.15, 0.2) is 42.5 Å². The van der Waals surface area contributed by atoms with Gasteiger partial charge in [0.05, 0.1) is 16.8 Å². The molecular formula is C27H31N3O4. The first kappa shape index (κ1) is 23.5. The van der Waals surface area contributed by atoms with Gasteiger partial charge in [0.15, 0.2) is 0 Å². The first-order valence-corrected chi connectivity index (χ1v) is 11.7. The molecule has 1 heterocycles. The van der Waals surface area contributed by atoms with E-state index in [9.17, 15) is 19.5 Å². The van der Waals surface area contributed by atoms with Gasteiger partial charge in [0.2, 0.25) is 11.8 Å². The minimum Gasteiger partial charge on any atom is -0.478 e. The largest absolute Gasteiger partial charge is 0.478 e. The molecule has 3 aromatic rings. The Morgan fingerprint density at radius 1 is 1.03 bits per heavy atom. The molecule has 178 valence electrons. The molecule has 2 aromatic carbocycles. The van der Waals surface area contributed by atoms with E-state index in [4.69, 9.17) is 0 Å². The molecule has 2 N–H and O–H groups in total. The summed E-state index contributed by atoms with van der Waals surface area (Å²) in [5, 5.41) is 13.4. The van der Waals surface area contributed by atoms with Crippen LogP contribution in [0.25, 0.3) is 22.2 Å². The van der Waals surface area contributed by atoms with Crippen molar-refractivity contribution in [3.05, 3.63) is 53.6 Å². The zero-order valence-electron chi connectivity index (χ0n) is 19.9. The highest BCUT2D eigenvalue weighted by molar-refractivity contribution is 5.99. The van der Waals surface area contributed by atoms with E-state index >= 15 is 0 Å². The fraction of sp³-hybridized carbons (Fsp3) is 0.370. The van der Waals surface area contributed by atoms with Crippen molar-refractivity contribution in [3.8, 4) is 11.3 Å². The molecule has 0 aliphatic heterocycles. The van der Waals surface area contributed by atoms with Gasteiger partial charge in [-0.2, -0.15) is 0 Å². The van der Waals surface area contributed by atoms with Crippen molar-refractivity contribution in [3.63, 3.8) is 0 Å². The summed E-state index contributed by atoms with van der Waals surface area (Å²) < 4.78 is 1.97. The predicted molar refractivity (Wildman–Crippen MR) is 133 cm³/mol. The van der Waals surface area contributed by atoms with Crippen molar-refractivity contribution in [2.45, 2.75) is 51.5 Å². The molecular weight excluding hydrogens is 430 g/mol. The van der Waals surface area contributed by atoms with Gasteiger partial charge in [-0.3, -0.25) is 9.59 Å². The maximum absolute atomic E-state index is 12.9. The number of carboxylic acid groups (broad SMARTS) is 1. The maximum atomic E-state index is 12.9. The van der Waals surface area contributed by atoms with Gasteiger partial charge in [-0.1, -0.05) is 37.5 Å². The number of aromatic nitrogens is 1. The van der Waals surface area contributed by atoms with E-state index in [1.165, 1.54) is 18.9 Å². The van der Waals surface area contributed by atoms with Crippen LogP contribution in [0, 0.1) is 0 Å². The summed E-state index contributed by atoms with van der Waals surface area (Å²) in [4.78, 5) is 37.6. The fourth-order valence-electron chi connectivity index (χ4n) is 4.98. The number of fused-ring (bicyclic) bond motifs is 1. The van der Waals surface area contributed by atoms with E-state index in [1.807, 2.05) is 34.9 Å². The fourth-order valence-corrected chi connectivity index (χ4v) is 4.98. The number of likely N-dealkylation sites (N-methyl/N-ethyl adjacent to an activating group) is 1. The Bertz CT molecular complexity index is 1230. The number of amides is 2. The minimum atomic E-state index is -0.992. The van der Waals surface area contributed by atoms with Gasteiger partial charge in [-0.25, -0.2) is 4.79 Å². The van der Waals surface area contributed by atoms with Crippen LogP contribution in [0.2, 0.25) is 0 Å². The summed E-state index contributed by atoms with van der Waals surface area (Å²) in [6, 6.07) is 12.9. The molecule has 4 rings (SSSR count). The van der Waals surface area contributed by atoms with Gasteiger partial charge in [0.1, 0.15) is 6.54 Å². The third-order valence-corrected chi connectivity index (χ3v) is 6.63. The van der Waals surface area contributed by atoms with E-state index in [0.717, 1.165) is 47.8 Å². The molecule has 7 heteroatoms. The molecule has 2 amide bonds. The number of nitrogens with one attached hydrogen (secondary N) is 1. The third kappa shape index (κ3) is 4.69. The van der Waals surface area contributed by atoms with Gasteiger partial charge in [-0.15, -0.1) is 0 Å². The van der Waals surface area contributed by atoms with Crippen molar-refractivity contribution in [1.29, 1.82) is 0 Å². The number of rotatable bonds is 6. The number of benzene rings is 2. The SMILES string of the molecule is CC(=O)Nc1ccc(-c2c(C3CCCCC3)c3ccc(C(=O)O)cc3n2CC(=O)N(C)C)cc1. The normalized spacial score (nSPS) is 14.2. The van der Waals surface area contributed by atoms with Crippen LogP contribution in [0.5, 0.6) is 0 Å². The topological polar surface area (TPSA) is 91.6 Å². The predicted octanol–water partition coefficient (Wildman–Crippen LogP) is 5.10. The van der Waals surface area contributed by atoms with Gasteiger partial charge in [0, 0.05) is 32.1 Å². The Kier molecular flexibility index (Phi) is 6.72. The smallest absolute Gasteiger partial charge is 0.335 e. The third-order valence-electron chi connectivity index (χ3n) is 6.63. The van der Waals surface area contributed by atoms with Crippen LogP contribution in [0.1, 0.15) is 60.9 Å². The molecule has 0 spiro atoms. The molecule has 0 saturated heterocycles. The summed E-state index contributed by atoms with van der Waals surface area (Å²) in [7, 11) is 3.45. The lowest BCUT2D eigenvalue weighted by molar-refractivity contribution is -0.129. The molecule has 34 heavy (non-hydrogen) atoms. The Morgan fingerprint density at radius 3 is 2.29 bits per heavy atom. The molecule has 1 aliphatic carbocycles. The van der Waals surface area contributed by atoms with Gasteiger partial charge >= 0.3 is 5.97 Å². The van der Waals surface area contributed by atoms with Crippen molar-refractivity contribution in [2.24, 2.45) is 0 Å². The van der Waals surface area contributed by atoms with Crippen LogP contribution in [0.4, 0.5) is 5.69 Å². The van der Waals surface area contributed by atoms with Crippen molar-refractivity contribution < 1.29 is 19.5 Å². The number of carboxylic acids is 1. The summed E-state index contributed by atoms with van der Waals surface area (Å²) in [6.07, 6.45) is 5.67. The Balaban J connectivity index is 1.98. The highest BCUT2D eigenvalue weighted by Gasteiger charge is 2.28. The minimum absolute atomic E-state index is 0.0658. The standard InChI is InChI=1S/C27H31N3O4/c1-17(31)28-21-12-9-19(10-13-21)26-25(18-7-5-4-6-8-18)22-14-11-20(27(33)34)15-23(22)30(26)16-24(32)29(2)3/h9-15,18H,4-8,16H2,1-3H3,(H,28,31)(H,33,34). The van der Waals surface area contributed by atoms with E-state index in [1.54, 1.807) is 31.1 Å². The summed E-state index contributed by atoms with van der Waals surface area (Å²) in [6.45, 7) is 1.59. The summed E-state index contributed by atoms with van der Waals surface area (Å²) in [5.74, 6) is -0.854. The second-order valence-electron chi connectivity index (χ2n) is 9.27. The lowest BCUT2D eigenvalue weighted by Gasteiger charge is -2.24. The molecule has 0 atom stereocenters. The molecule has 7 nitrogen and oxygen atoms in total. The first-order valence-electron chi connectivity index (χ1n) is 11.7. The zero-order chi connectivity index (χ0) is 24.4.